The summed E-state index contributed by atoms with van der Waals surface area (Å²) in [5.41, 5.74) is 1.64. The lowest BCUT2D eigenvalue weighted by molar-refractivity contribution is -0.763. The zero-order valence-corrected chi connectivity index (χ0v) is 17.6. The van der Waals surface area contributed by atoms with Gasteiger partial charge in [-0.25, -0.2) is 0 Å². The minimum atomic E-state index is -0.784. The quantitative estimate of drug-likeness (QED) is 0.427. The van der Waals surface area contributed by atoms with Crippen LogP contribution in [-0.4, -0.2) is 40.8 Å². The topological polar surface area (TPSA) is 75.8 Å². The van der Waals surface area contributed by atoms with E-state index in [0.29, 0.717) is 18.9 Å². The molecule has 0 radical (unpaired) electrons. The highest BCUT2D eigenvalue weighted by atomic mass is 32.1. The van der Waals surface area contributed by atoms with Crippen LogP contribution in [0.15, 0.2) is 54.6 Å². The van der Waals surface area contributed by atoms with Gasteiger partial charge in [-0.1, -0.05) is 42.5 Å². The predicted octanol–water partition coefficient (Wildman–Crippen LogP) is 4.39. The van der Waals surface area contributed by atoms with E-state index in [1.165, 1.54) is 15.0 Å². The van der Waals surface area contributed by atoms with Gasteiger partial charge in [0.1, 0.15) is 6.61 Å². The van der Waals surface area contributed by atoms with Crippen LogP contribution in [0.1, 0.15) is 34.8 Å². The van der Waals surface area contributed by atoms with Gasteiger partial charge in [0.25, 0.3) is 5.09 Å². The van der Waals surface area contributed by atoms with Crippen LogP contribution in [0.3, 0.4) is 0 Å². The van der Waals surface area contributed by atoms with Crippen molar-refractivity contribution in [1.29, 1.82) is 0 Å². The van der Waals surface area contributed by atoms with E-state index in [0.717, 1.165) is 37.1 Å². The Morgan fingerprint density at radius 2 is 1.83 bits per heavy atom. The van der Waals surface area contributed by atoms with Crippen molar-refractivity contribution in [1.82, 2.24) is 4.90 Å². The number of hydrogen-bond donors (Lipinski definition) is 1. The first-order chi connectivity index (χ1) is 14.6. The molecule has 0 bridgehead atoms. The SMILES string of the molecule is O=[N+]([O-])OCc1ccccc1C[C@@H](O)CN1CCC(c2cc3ccccc3s2)CC1. The molecular formula is C23H26N2O4S. The first kappa shape index (κ1) is 20.8. The molecular weight excluding hydrogens is 400 g/mol. The molecule has 158 valence electrons. The van der Waals surface area contributed by atoms with Crippen molar-refractivity contribution in [2.24, 2.45) is 0 Å². The minimum absolute atomic E-state index is 0.0869. The largest absolute Gasteiger partial charge is 0.391 e. The summed E-state index contributed by atoms with van der Waals surface area (Å²) in [5.74, 6) is 0.593. The highest BCUT2D eigenvalue weighted by molar-refractivity contribution is 7.19. The first-order valence-electron chi connectivity index (χ1n) is 10.3. The fourth-order valence-electron chi connectivity index (χ4n) is 4.24. The van der Waals surface area contributed by atoms with Gasteiger partial charge in [-0.3, -0.25) is 0 Å². The van der Waals surface area contributed by atoms with Crippen molar-refractivity contribution >= 4 is 21.4 Å². The smallest absolute Gasteiger partial charge is 0.294 e. The van der Waals surface area contributed by atoms with Crippen molar-refractivity contribution in [2.75, 3.05) is 19.6 Å². The molecule has 1 N–H and O–H groups in total. The maximum atomic E-state index is 10.6. The minimum Gasteiger partial charge on any atom is -0.391 e. The number of piperidine rings is 1. The second kappa shape index (κ2) is 9.55. The molecule has 0 spiro atoms. The third kappa shape index (κ3) is 5.16. The molecule has 1 atom stereocenters. The summed E-state index contributed by atoms with van der Waals surface area (Å²) in [6, 6.07) is 18.3. The second-order valence-electron chi connectivity index (χ2n) is 7.89. The predicted molar refractivity (Wildman–Crippen MR) is 118 cm³/mol. The van der Waals surface area contributed by atoms with E-state index in [1.807, 2.05) is 35.6 Å². The Balaban J connectivity index is 1.29. The molecule has 30 heavy (non-hydrogen) atoms. The second-order valence-corrected chi connectivity index (χ2v) is 9.00. The lowest BCUT2D eigenvalue weighted by Crippen LogP contribution is -2.39. The number of hydrogen-bond acceptors (Lipinski definition) is 6. The summed E-state index contributed by atoms with van der Waals surface area (Å²) >= 11 is 1.90. The number of aliphatic hydroxyl groups excluding tert-OH is 1. The lowest BCUT2D eigenvalue weighted by Gasteiger charge is -2.33. The van der Waals surface area contributed by atoms with Crippen LogP contribution in [0, 0.1) is 10.1 Å². The van der Waals surface area contributed by atoms with E-state index in [9.17, 15) is 15.2 Å². The van der Waals surface area contributed by atoms with Crippen LogP contribution >= 0.6 is 11.3 Å². The van der Waals surface area contributed by atoms with Gasteiger partial charge in [0.2, 0.25) is 0 Å². The molecule has 0 unspecified atom stereocenters. The normalized spacial score (nSPS) is 16.6. The third-order valence-corrected chi connectivity index (χ3v) is 7.08. The summed E-state index contributed by atoms with van der Waals surface area (Å²) < 4.78 is 1.35. The van der Waals surface area contributed by atoms with Gasteiger partial charge in [-0.05, 0) is 66.9 Å². The highest BCUT2D eigenvalue weighted by Crippen LogP contribution is 2.36. The molecule has 1 aliphatic heterocycles. The molecule has 7 heteroatoms. The van der Waals surface area contributed by atoms with E-state index in [1.54, 1.807) is 0 Å². The zero-order chi connectivity index (χ0) is 20.9. The molecule has 3 aromatic rings. The number of fused-ring (bicyclic) bond motifs is 1. The summed E-state index contributed by atoms with van der Waals surface area (Å²) in [6.45, 7) is 2.48. The fraction of sp³-hybridized carbons (Fsp3) is 0.391. The number of benzene rings is 2. The molecule has 1 aromatic heterocycles. The van der Waals surface area contributed by atoms with Crippen LogP contribution in [0.25, 0.3) is 10.1 Å². The molecule has 0 aliphatic carbocycles. The number of rotatable bonds is 8. The van der Waals surface area contributed by atoms with Crippen molar-refractivity contribution in [3.63, 3.8) is 0 Å². The van der Waals surface area contributed by atoms with Crippen molar-refractivity contribution in [2.45, 2.75) is 37.9 Å². The Kier molecular flexibility index (Phi) is 6.62. The average molecular weight is 427 g/mol. The number of β-amino-alcohol motifs (C(OH)–C–C–N with tert-alkyl or cyclic N) is 1. The number of thiophene rings is 1. The Morgan fingerprint density at radius 1 is 1.13 bits per heavy atom. The van der Waals surface area contributed by atoms with Crippen LogP contribution in [-0.2, 0) is 17.9 Å². The maximum absolute atomic E-state index is 10.6. The Hall–Kier alpha value is -2.48. The third-order valence-electron chi connectivity index (χ3n) is 5.80. The van der Waals surface area contributed by atoms with Crippen molar-refractivity contribution in [3.8, 4) is 0 Å². The van der Waals surface area contributed by atoms with E-state index in [4.69, 9.17) is 0 Å². The molecule has 2 heterocycles. The molecule has 2 aromatic carbocycles. The van der Waals surface area contributed by atoms with Gasteiger partial charge in [0.05, 0.1) is 6.10 Å². The van der Waals surface area contributed by atoms with Crippen LogP contribution in [0.4, 0.5) is 0 Å². The van der Waals surface area contributed by atoms with E-state index in [-0.39, 0.29) is 6.61 Å². The Labute approximate surface area is 179 Å². The first-order valence-corrected chi connectivity index (χ1v) is 11.1. The van der Waals surface area contributed by atoms with Crippen LogP contribution < -0.4 is 0 Å². The molecule has 1 saturated heterocycles. The molecule has 6 nitrogen and oxygen atoms in total. The van der Waals surface area contributed by atoms with Gasteiger partial charge in [0.15, 0.2) is 0 Å². The average Bonchev–Trinajstić information content (AvgIpc) is 3.18. The van der Waals surface area contributed by atoms with E-state index in [2.05, 4.69) is 40.1 Å². The Morgan fingerprint density at radius 3 is 2.57 bits per heavy atom. The van der Waals surface area contributed by atoms with Gasteiger partial charge >= 0.3 is 0 Å². The van der Waals surface area contributed by atoms with Crippen molar-refractivity contribution < 1.29 is 15.0 Å². The Bertz CT molecular complexity index is 965. The van der Waals surface area contributed by atoms with Crippen LogP contribution in [0.2, 0.25) is 0 Å². The summed E-state index contributed by atoms with van der Waals surface area (Å²) in [6.07, 6.45) is 2.16. The molecule has 4 rings (SSSR count). The fourth-order valence-corrected chi connectivity index (χ4v) is 5.47. The summed E-state index contributed by atoms with van der Waals surface area (Å²) in [4.78, 5) is 18.8. The van der Waals surface area contributed by atoms with Gasteiger partial charge in [0, 0.05) is 16.1 Å². The summed E-state index contributed by atoms with van der Waals surface area (Å²) in [7, 11) is 0. The summed E-state index contributed by atoms with van der Waals surface area (Å²) in [5, 5.41) is 21.6. The van der Waals surface area contributed by atoms with Gasteiger partial charge in [-0.15, -0.1) is 21.5 Å². The number of likely N-dealkylation sites (tertiary alicyclic amines) is 1. The molecule has 1 aliphatic rings. The maximum Gasteiger partial charge on any atom is 0.294 e. The van der Waals surface area contributed by atoms with Crippen molar-refractivity contribution in [3.05, 3.63) is 80.7 Å². The number of aliphatic hydroxyl groups is 1. The van der Waals surface area contributed by atoms with Crippen LogP contribution in [0.5, 0.6) is 0 Å². The monoisotopic (exact) mass is 426 g/mol. The van der Waals surface area contributed by atoms with E-state index < -0.39 is 11.2 Å². The highest BCUT2D eigenvalue weighted by Gasteiger charge is 2.24. The van der Waals surface area contributed by atoms with Gasteiger partial charge in [-0.2, -0.15) is 0 Å². The van der Waals surface area contributed by atoms with Gasteiger partial charge < -0.3 is 14.8 Å². The molecule has 0 saturated carbocycles. The molecule has 1 fully saturated rings. The van der Waals surface area contributed by atoms with E-state index >= 15 is 0 Å². The standard InChI is InChI=1S/C23H26N2O4S/c26-21(13-18-5-1-2-7-20(18)16-29-25(27)28)15-24-11-9-17(10-12-24)23-14-19-6-3-4-8-22(19)30-23/h1-8,14,17,21,26H,9-13,15-16H2/t21-/m1/s1. The lowest BCUT2D eigenvalue weighted by atomic mass is 9.94. The number of nitrogens with zero attached hydrogens (tertiary/aromatic N) is 2. The molecule has 0 amide bonds. The zero-order valence-electron chi connectivity index (χ0n) is 16.8.